The highest BCUT2D eigenvalue weighted by atomic mass is 16.7. The van der Waals surface area contributed by atoms with Gasteiger partial charge in [-0.1, -0.05) is 12.1 Å². The van der Waals surface area contributed by atoms with E-state index in [4.69, 9.17) is 10.6 Å². The second-order valence-corrected chi connectivity index (χ2v) is 4.06. The molecule has 2 rings (SSSR count). The Morgan fingerprint density at radius 2 is 2.28 bits per heavy atom. The highest BCUT2D eigenvalue weighted by Gasteiger charge is 2.17. The normalized spacial score (nSPS) is 13.8. The van der Waals surface area contributed by atoms with Crippen molar-refractivity contribution < 1.29 is 14.4 Å². The summed E-state index contributed by atoms with van der Waals surface area (Å²) in [5.41, 5.74) is 9.85. The maximum absolute atomic E-state index is 11.9. The number of hydroxylamine groups is 1. The summed E-state index contributed by atoms with van der Waals surface area (Å²) in [4.78, 5) is 27.1. The molecule has 0 aliphatic carbocycles. The second-order valence-electron chi connectivity index (χ2n) is 4.06. The highest BCUT2D eigenvalue weighted by Crippen LogP contribution is 2.18. The molecule has 1 aliphatic rings. The second kappa shape index (κ2) is 5.61. The van der Waals surface area contributed by atoms with E-state index in [1.807, 2.05) is 12.1 Å². The zero-order valence-corrected chi connectivity index (χ0v) is 9.86. The van der Waals surface area contributed by atoms with Crippen LogP contribution in [0, 0.1) is 0 Å². The molecule has 0 atom stereocenters. The topological polar surface area (TPSA) is 93.5 Å². The minimum absolute atomic E-state index is 0.331. The molecule has 96 valence electrons. The van der Waals surface area contributed by atoms with Crippen molar-refractivity contribution in [1.29, 1.82) is 0 Å². The number of benzene rings is 1. The number of nitrogens with two attached hydrogens (primary N) is 1. The molecule has 2 amide bonds. The van der Waals surface area contributed by atoms with Gasteiger partial charge in [0.25, 0.3) is 5.91 Å². The summed E-state index contributed by atoms with van der Waals surface area (Å²) in [5.74, 6) is -0.982. The van der Waals surface area contributed by atoms with Gasteiger partial charge in [0.1, 0.15) is 0 Å². The van der Waals surface area contributed by atoms with E-state index in [1.54, 1.807) is 6.07 Å². The average molecular weight is 249 g/mol. The van der Waals surface area contributed by atoms with Crippen LogP contribution in [0.5, 0.6) is 0 Å². The van der Waals surface area contributed by atoms with Crippen LogP contribution in [0.2, 0.25) is 0 Å². The minimum Gasteiger partial charge on any atom is -0.368 e. The fraction of sp³-hybridized carbons (Fsp3) is 0.333. The largest absolute Gasteiger partial charge is 0.368 e. The van der Waals surface area contributed by atoms with Crippen LogP contribution in [-0.2, 0) is 22.6 Å². The summed E-state index contributed by atoms with van der Waals surface area (Å²) in [7, 11) is 0. The molecular weight excluding hydrogens is 234 g/mol. The average Bonchev–Trinajstić information content (AvgIpc) is 2.37. The van der Waals surface area contributed by atoms with Crippen molar-refractivity contribution in [2.75, 3.05) is 13.2 Å². The van der Waals surface area contributed by atoms with Crippen LogP contribution in [-0.4, -0.2) is 25.0 Å². The third kappa shape index (κ3) is 2.85. The Morgan fingerprint density at radius 1 is 1.44 bits per heavy atom. The number of rotatable bonds is 4. The van der Waals surface area contributed by atoms with E-state index >= 15 is 0 Å². The number of fused-ring (bicyclic) bond motifs is 1. The molecule has 1 aromatic carbocycles. The van der Waals surface area contributed by atoms with E-state index in [1.165, 1.54) is 0 Å². The lowest BCUT2D eigenvalue weighted by atomic mass is 9.95. The molecule has 1 heterocycles. The van der Waals surface area contributed by atoms with Crippen LogP contribution in [0.4, 0.5) is 0 Å². The molecule has 0 fully saturated rings. The predicted molar refractivity (Wildman–Crippen MR) is 64.5 cm³/mol. The van der Waals surface area contributed by atoms with Gasteiger partial charge >= 0.3 is 0 Å². The first-order valence-electron chi connectivity index (χ1n) is 5.70. The van der Waals surface area contributed by atoms with Gasteiger partial charge in [-0.2, -0.15) is 0 Å². The summed E-state index contributed by atoms with van der Waals surface area (Å²) in [6.45, 7) is 1.28. The van der Waals surface area contributed by atoms with Crippen LogP contribution in [0.3, 0.4) is 0 Å². The Bertz CT molecular complexity index is 474. The van der Waals surface area contributed by atoms with Gasteiger partial charge in [-0.25, -0.2) is 5.48 Å². The number of carbonyl (C=O) groups excluding carboxylic acids is 2. The molecule has 6 heteroatoms. The molecule has 0 bridgehead atoms. The zero-order valence-electron chi connectivity index (χ0n) is 9.86. The summed E-state index contributed by atoms with van der Waals surface area (Å²) >= 11 is 0. The molecule has 0 saturated heterocycles. The van der Waals surface area contributed by atoms with Crippen LogP contribution in [0.25, 0.3) is 0 Å². The summed E-state index contributed by atoms with van der Waals surface area (Å²) < 4.78 is 0. The van der Waals surface area contributed by atoms with E-state index in [0.717, 1.165) is 30.6 Å². The number of primary amides is 1. The lowest BCUT2D eigenvalue weighted by molar-refractivity contribution is -0.124. The van der Waals surface area contributed by atoms with Crippen molar-refractivity contribution in [2.45, 2.75) is 13.0 Å². The fourth-order valence-electron chi connectivity index (χ4n) is 1.97. The molecule has 0 spiro atoms. The lowest BCUT2D eigenvalue weighted by Gasteiger charge is -2.19. The zero-order chi connectivity index (χ0) is 13.0. The first kappa shape index (κ1) is 12.5. The lowest BCUT2D eigenvalue weighted by Crippen LogP contribution is -2.32. The van der Waals surface area contributed by atoms with Crippen molar-refractivity contribution in [3.8, 4) is 0 Å². The smallest absolute Gasteiger partial charge is 0.275 e. The molecule has 18 heavy (non-hydrogen) atoms. The Labute approximate surface area is 104 Å². The Morgan fingerprint density at radius 3 is 3.06 bits per heavy atom. The van der Waals surface area contributed by atoms with E-state index in [0.29, 0.717) is 5.56 Å². The van der Waals surface area contributed by atoms with E-state index < -0.39 is 5.91 Å². The summed E-state index contributed by atoms with van der Waals surface area (Å²) in [6, 6.07) is 5.56. The number of amides is 2. The van der Waals surface area contributed by atoms with E-state index in [2.05, 4.69) is 10.8 Å². The Balaban J connectivity index is 2.08. The molecule has 0 radical (unpaired) electrons. The molecule has 6 nitrogen and oxygen atoms in total. The monoisotopic (exact) mass is 249 g/mol. The molecule has 1 aromatic rings. The number of hydrogen-bond donors (Lipinski definition) is 3. The van der Waals surface area contributed by atoms with Crippen LogP contribution >= 0.6 is 0 Å². The van der Waals surface area contributed by atoms with E-state index in [-0.39, 0.29) is 12.5 Å². The molecule has 0 aromatic heterocycles. The third-order valence-electron chi connectivity index (χ3n) is 2.76. The molecular formula is C12H15N3O3. The van der Waals surface area contributed by atoms with Crippen LogP contribution < -0.4 is 16.5 Å². The SMILES string of the molecule is NC(=O)CONC(=O)c1cccc2c1CCNC2. The fourth-order valence-corrected chi connectivity index (χ4v) is 1.97. The van der Waals surface area contributed by atoms with Gasteiger partial charge in [-0.05, 0) is 30.2 Å². The minimum atomic E-state index is -0.630. The van der Waals surface area contributed by atoms with Crippen LogP contribution in [0.15, 0.2) is 18.2 Å². The maximum atomic E-state index is 11.9. The van der Waals surface area contributed by atoms with Crippen molar-refractivity contribution in [2.24, 2.45) is 5.73 Å². The van der Waals surface area contributed by atoms with Crippen molar-refractivity contribution >= 4 is 11.8 Å². The molecule has 1 aliphatic heterocycles. The number of hydrogen-bond acceptors (Lipinski definition) is 4. The van der Waals surface area contributed by atoms with Gasteiger partial charge in [-0.15, -0.1) is 0 Å². The van der Waals surface area contributed by atoms with Crippen molar-refractivity contribution in [3.63, 3.8) is 0 Å². The van der Waals surface area contributed by atoms with Crippen LogP contribution in [0.1, 0.15) is 21.5 Å². The quantitative estimate of drug-likeness (QED) is 0.626. The predicted octanol–water partition coefficient (Wildman–Crippen LogP) is -0.521. The molecule has 4 N–H and O–H groups in total. The number of carbonyl (C=O) groups is 2. The summed E-state index contributed by atoms with van der Waals surface area (Å²) in [6.07, 6.45) is 0.800. The summed E-state index contributed by atoms with van der Waals surface area (Å²) in [5, 5.41) is 3.24. The first-order chi connectivity index (χ1) is 8.68. The van der Waals surface area contributed by atoms with Gasteiger partial charge in [-0.3, -0.25) is 14.4 Å². The van der Waals surface area contributed by atoms with Gasteiger partial charge in [0.15, 0.2) is 6.61 Å². The van der Waals surface area contributed by atoms with Gasteiger partial charge in [0, 0.05) is 12.1 Å². The van der Waals surface area contributed by atoms with Crippen molar-refractivity contribution in [3.05, 3.63) is 34.9 Å². The Hall–Kier alpha value is -1.92. The number of nitrogens with one attached hydrogen (secondary N) is 2. The Kier molecular flexibility index (Phi) is 3.91. The van der Waals surface area contributed by atoms with Crippen molar-refractivity contribution in [1.82, 2.24) is 10.8 Å². The third-order valence-corrected chi connectivity index (χ3v) is 2.76. The molecule has 0 saturated carbocycles. The molecule has 0 unspecified atom stereocenters. The van der Waals surface area contributed by atoms with Gasteiger partial charge < -0.3 is 11.1 Å². The van der Waals surface area contributed by atoms with Gasteiger partial charge in [0.2, 0.25) is 5.91 Å². The van der Waals surface area contributed by atoms with Gasteiger partial charge in [0.05, 0.1) is 0 Å². The standard InChI is InChI=1S/C12H15N3O3/c13-11(16)7-18-15-12(17)10-3-1-2-8-6-14-5-4-9(8)10/h1-3,14H,4-7H2,(H2,13,16)(H,15,17). The first-order valence-corrected chi connectivity index (χ1v) is 5.70. The highest BCUT2D eigenvalue weighted by molar-refractivity contribution is 5.95. The van der Waals surface area contributed by atoms with E-state index in [9.17, 15) is 9.59 Å². The maximum Gasteiger partial charge on any atom is 0.275 e.